The van der Waals surface area contributed by atoms with Crippen molar-refractivity contribution in [1.29, 1.82) is 0 Å². The van der Waals surface area contributed by atoms with Crippen molar-refractivity contribution >= 4 is 21.7 Å². The minimum atomic E-state index is -0.389. The van der Waals surface area contributed by atoms with Gasteiger partial charge < -0.3 is 9.84 Å². The minimum absolute atomic E-state index is 0.178. The second-order valence-electron chi connectivity index (χ2n) is 9.45. The molecule has 4 atom stereocenters. The van der Waals surface area contributed by atoms with E-state index in [0.717, 1.165) is 12.0 Å². The monoisotopic (exact) mass is 406 g/mol. The van der Waals surface area contributed by atoms with Gasteiger partial charge in [0.15, 0.2) is 5.76 Å². The molecule has 2 saturated carbocycles. The number of aliphatic hydroxyl groups is 1. The second-order valence-corrected chi connectivity index (χ2v) is 10.2. The zero-order valence-corrected chi connectivity index (χ0v) is 17.1. The Bertz CT molecular complexity index is 744. The molecule has 0 radical (unpaired) electrons. The SMILES string of the molecule is CC1(C)CCC[C@]2(C)[C@H]3C=C4C(=CC(=O)C(O)=C4Br)O[C@@]3(C)CC[C@@H]12. The van der Waals surface area contributed by atoms with Crippen LogP contribution >= 0.6 is 15.9 Å². The Labute approximate surface area is 158 Å². The van der Waals surface area contributed by atoms with Gasteiger partial charge in [-0.15, -0.1) is 0 Å². The summed E-state index contributed by atoms with van der Waals surface area (Å²) in [7, 11) is 0. The standard InChI is InChI=1S/C21H27BrO3/c1-19(2)7-5-8-20(3)15(19)6-9-21(4)16(20)10-12-14(25-21)11-13(23)18(24)17(12)22/h10-11,15-16,24H,5-9H2,1-4H3/t15-,16+,20-,21-/m0/s1. The highest BCUT2D eigenvalue weighted by Gasteiger charge is 2.60. The minimum Gasteiger partial charge on any atom is -0.503 e. The molecule has 0 aromatic rings. The van der Waals surface area contributed by atoms with E-state index in [1.54, 1.807) is 0 Å². The lowest BCUT2D eigenvalue weighted by molar-refractivity contribution is -0.162. The predicted octanol–water partition coefficient (Wildman–Crippen LogP) is 5.58. The number of ether oxygens (including phenoxy) is 1. The fourth-order valence-corrected chi connectivity index (χ4v) is 6.81. The fraction of sp³-hybridized carbons (Fsp3) is 0.667. The average molecular weight is 407 g/mol. The number of aliphatic hydroxyl groups excluding tert-OH is 1. The van der Waals surface area contributed by atoms with E-state index in [0.29, 0.717) is 21.6 Å². The Kier molecular flexibility index (Phi) is 3.65. The first-order valence-electron chi connectivity index (χ1n) is 9.35. The molecular formula is C21H27BrO3. The van der Waals surface area contributed by atoms with Gasteiger partial charge in [0.1, 0.15) is 11.4 Å². The molecule has 0 saturated heterocycles. The quantitative estimate of drug-likeness (QED) is 0.571. The van der Waals surface area contributed by atoms with E-state index in [-0.39, 0.29) is 28.5 Å². The molecule has 0 unspecified atom stereocenters. The number of carbonyl (C=O) groups excluding carboxylic acids is 1. The van der Waals surface area contributed by atoms with Gasteiger partial charge in [0.25, 0.3) is 0 Å². The van der Waals surface area contributed by atoms with Gasteiger partial charge in [0.2, 0.25) is 5.78 Å². The molecule has 1 heterocycles. The Morgan fingerprint density at radius 3 is 2.64 bits per heavy atom. The highest BCUT2D eigenvalue weighted by atomic mass is 79.9. The largest absolute Gasteiger partial charge is 0.503 e. The summed E-state index contributed by atoms with van der Waals surface area (Å²) >= 11 is 3.42. The molecule has 3 nitrogen and oxygen atoms in total. The fourth-order valence-electron chi connectivity index (χ4n) is 6.29. The lowest BCUT2D eigenvalue weighted by Gasteiger charge is -2.62. The highest BCUT2D eigenvalue weighted by molar-refractivity contribution is 9.12. The first kappa shape index (κ1) is 17.4. The van der Waals surface area contributed by atoms with Crippen LogP contribution in [0.15, 0.2) is 33.7 Å². The van der Waals surface area contributed by atoms with Gasteiger partial charge in [-0.1, -0.05) is 33.3 Å². The summed E-state index contributed by atoms with van der Waals surface area (Å²) in [6, 6.07) is 0. The Morgan fingerprint density at radius 2 is 1.92 bits per heavy atom. The van der Waals surface area contributed by atoms with Crippen molar-refractivity contribution in [1.82, 2.24) is 0 Å². The number of carbonyl (C=O) groups is 1. The molecule has 3 aliphatic carbocycles. The number of allylic oxidation sites excluding steroid dienone is 2. The van der Waals surface area contributed by atoms with E-state index in [2.05, 4.69) is 49.7 Å². The summed E-state index contributed by atoms with van der Waals surface area (Å²) in [5.74, 6) is 0.937. The van der Waals surface area contributed by atoms with Crippen molar-refractivity contribution in [3.05, 3.63) is 33.7 Å². The van der Waals surface area contributed by atoms with Gasteiger partial charge in [-0.2, -0.15) is 0 Å². The van der Waals surface area contributed by atoms with Crippen molar-refractivity contribution in [2.45, 2.75) is 65.4 Å². The third-order valence-corrected chi connectivity index (χ3v) is 8.26. The maximum atomic E-state index is 12.0. The lowest BCUT2D eigenvalue weighted by atomic mass is 9.45. The zero-order valence-electron chi connectivity index (χ0n) is 15.5. The molecule has 1 N–H and O–H groups in total. The van der Waals surface area contributed by atoms with Gasteiger partial charge in [-0.3, -0.25) is 4.79 Å². The molecule has 4 aliphatic rings. The maximum absolute atomic E-state index is 12.0. The Balaban J connectivity index is 1.85. The summed E-state index contributed by atoms with van der Waals surface area (Å²) in [6.45, 7) is 9.47. The van der Waals surface area contributed by atoms with Crippen LogP contribution in [0, 0.1) is 22.7 Å². The van der Waals surface area contributed by atoms with Crippen molar-refractivity contribution in [2.75, 3.05) is 0 Å². The molecule has 25 heavy (non-hydrogen) atoms. The first-order valence-corrected chi connectivity index (χ1v) is 10.1. The second kappa shape index (κ2) is 5.25. The van der Waals surface area contributed by atoms with Crippen LogP contribution in [0.25, 0.3) is 0 Å². The van der Waals surface area contributed by atoms with Crippen molar-refractivity contribution in [2.24, 2.45) is 22.7 Å². The van der Waals surface area contributed by atoms with Crippen LogP contribution in [0.4, 0.5) is 0 Å². The molecular weight excluding hydrogens is 380 g/mol. The van der Waals surface area contributed by atoms with Crippen LogP contribution in [-0.4, -0.2) is 16.5 Å². The van der Waals surface area contributed by atoms with Crippen LogP contribution < -0.4 is 0 Å². The molecule has 0 aromatic heterocycles. The molecule has 0 amide bonds. The molecule has 136 valence electrons. The van der Waals surface area contributed by atoms with Gasteiger partial charge in [-0.05, 0) is 65.3 Å². The number of ketones is 1. The molecule has 4 rings (SSSR count). The topological polar surface area (TPSA) is 46.5 Å². The predicted molar refractivity (Wildman–Crippen MR) is 101 cm³/mol. The third kappa shape index (κ3) is 2.32. The van der Waals surface area contributed by atoms with Crippen molar-refractivity contribution < 1.29 is 14.6 Å². The third-order valence-electron chi connectivity index (χ3n) is 7.46. The lowest BCUT2D eigenvalue weighted by Crippen LogP contribution is -2.59. The zero-order chi connectivity index (χ0) is 18.2. The van der Waals surface area contributed by atoms with Crippen LogP contribution in [0.3, 0.4) is 0 Å². The van der Waals surface area contributed by atoms with E-state index in [1.165, 1.54) is 31.8 Å². The molecule has 0 aromatic carbocycles. The molecule has 4 heteroatoms. The smallest absolute Gasteiger partial charge is 0.225 e. The van der Waals surface area contributed by atoms with Gasteiger partial charge in [-0.25, -0.2) is 0 Å². The highest BCUT2D eigenvalue weighted by Crippen LogP contribution is 2.65. The van der Waals surface area contributed by atoms with Gasteiger partial charge >= 0.3 is 0 Å². The van der Waals surface area contributed by atoms with E-state index in [4.69, 9.17) is 4.74 Å². The Morgan fingerprint density at radius 1 is 1.20 bits per heavy atom. The summed E-state index contributed by atoms with van der Waals surface area (Å²) < 4.78 is 6.92. The van der Waals surface area contributed by atoms with Gasteiger partial charge in [0, 0.05) is 17.6 Å². The summed E-state index contributed by atoms with van der Waals surface area (Å²) in [4.78, 5) is 12.0. The Hall–Kier alpha value is -1.03. The van der Waals surface area contributed by atoms with Crippen molar-refractivity contribution in [3.8, 4) is 0 Å². The number of halogens is 1. The number of fused-ring (bicyclic) bond motifs is 4. The van der Waals surface area contributed by atoms with Crippen LogP contribution in [0.5, 0.6) is 0 Å². The summed E-state index contributed by atoms with van der Waals surface area (Å²) in [6.07, 6.45) is 9.63. The maximum Gasteiger partial charge on any atom is 0.225 e. The van der Waals surface area contributed by atoms with E-state index < -0.39 is 0 Å². The van der Waals surface area contributed by atoms with Gasteiger partial charge in [0.05, 0.1) is 4.48 Å². The number of hydrogen-bond donors (Lipinski definition) is 1. The van der Waals surface area contributed by atoms with Crippen LogP contribution in [-0.2, 0) is 9.53 Å². The van der Waals surface area contributed by atoms with E-state index in [9.17, 15) is 9.90 Å². The normalized spacial score (nSPS) is 42.5. The molecule has 2 fully saturated rings. The number of hydrogen-bond acceptors (Lipinski definition) is 3. The summed E-state index contributed by atoms with van der Waals surface area (Å²) in [5.41, 5.74) is 1.08. The van der Waals surface area contributed by atoms with E-state index in [1.807, 2.05) is 0 Å². The molecule has 0 bridgehead atoms. The number of rotatable bonds is 0. The molecule has 0 spiro atoms. The van der Waals surface area contributed by atoms with Crippen LogP contribution in [0.2, 0.25) is 0 Å². The van der Waals surface area contributed by atoms with Crippen LogP contribution in [0.1, 0.15) is 59.8 Å². The molecule has 1 aliphatic heterocycles. The average Bonchev–Trinajstić information content (AvgIpc) is 2.50. The first-order chi connectivity index (χ1) is 11.6. The summed E-state index contributed by atoms with van der Waals surface area (Å²) in [5, 5.41) is 10.1. The van der Waals surface area contributed by atoms with E-state index >= 15 is 0 Å². The van der Waals surface area contributed by atoms with Crippen molar-refractivity contribution in [3.63, 3.8) is 0 Å².